The van der Waals surface area contributed by atoms with E-state index < -0.39 is 0 Å². The number of nitrogens with zero attached hydrogens (tertiary/aromatic N) is 13. The maximum atomic E-state index is 12.6. The zero-order valence-electron chi connectivity index (χ0n) is 72.0. The van der Waals surface area contributed by atoms with Gasteiger partial charge in [0.15, 0.2) is 5.69 Å². The van der Waals surface area contributed by atoms with Crippen LogP contribution in [0.1, 0.15) is 125 Å². The van der Waals surface area contributed by atoms with Crippen LogP contribution in [0.3, 0.4) is 0 Å². The number of furan rings is 2. The molecular weight excluding hydrogens is 1640 g/mol. The third kappa shape index (κ3) is 20.8. The number of para-hydroxylation sites is 5. The Bertz CT molecular complexity index is 6910. The van der Waals surface area contributed by atoms with Gasteiger partial charge in [0.25, 0.3) is 29.5 Å². The van der Waals surface area contributed by atoms with Gasteiger partial charge in [0.2, 0.25) is 0 Å². The molecule has 27 heteroatoms. The molecule has 26 nitrogen and oxygen atoms in total. The van der Waals surface area contributed by atoms with Gasteiger partial charge in [0.05, 0.1) is 96.6 Å². The van der Waals surface area contributed by atoms with Crippen LogP contribution in [0.2, 0.25) is 0 Å². The first kappa shape index (κ1) is 86.0. The van der Waals surface area contributed by atoms with Crippen molar-refractivity contribution < 1.29 is 37.3 Å². The minimum atomic E-state index is -0.267. The van der Waals surface area contributed by atoms with Gasteiger partial charge in [-0.2, -0.15) is 5.10 Å². The number of aryl methyl sites for hydroxylation is 8. The van der Waals surface area contributed by atoms with E-state index in [2.05, 4.69) is 163 Å². The molecule has 6 aromatic carbocycles. The fourth-order valence-corrected chi connectivity index (χ4v) is 15.5. The topological polar surface area (TPSA) is 313 Å². The maximum Gasteiger partial charge on any atom is 0.276 e. The van der Waals surface area contributed by atoms with Crippen molar-refractivity contribution in [2.24, 2.45) is 0 Å². The number of carbonyl (C=O) groups is 5. The lowest BCUT2D eigenvalue weighted by atomic mass is 10.1. The van der Waals surface area contributed by atoms with Gasteiger partial charge in [0.1, 0.15) is 28.7 Å². The standard InChI is InChI=1S/C21H18N4O.C21H19N3O2.C20H18N4O2.C20H18N4OS.C20H17N3O2/c1-15-8-10-16(11-9-15)13-25-14-19(17-5-2-3-7-20(17)25)23-21(26)18-6-4-12-22-24-18;1-14-7-8-16(11-22-14)12-24-13-19(18-5-3-4-6-20(18)24)23-21(25)17-9-10-26-15(17)2;1-13-7-8-15(9-21-13)10-24-11-18(16-5-3-4-6-19(16)24)22-20(25)17-12-26-23-14(17)2;1-13-7-8-15(9-21-13)10-24-11-17(16-5-3-4-6-18(16)24)23-20(25)19-14(2)22-12-26-19;1-14-6-7-15(10-21-14)11-23-12-18(17-4-2-3-5-19(17)23)22-20(24)16-8-9-25-13-16/h2-12,14H,13H2,1H3,(H,23,26);3-11,13H,12H2,1-2H3,(H,23,25);3-9,11-12H,10H2,1-2H3,(H,22,25);3-9,11-12H,10H2,1-2H3,(H,23,25);2-10,12-13H,11H2,1H3,(H,22,24). The molecule has 0 aliphatic carbocycles. The number of hydrogen-bond donors (Lipinski definition) is 5. The van der Waals surface area contributed by atoms with Gasteiger partial charge in [-0.3, -0.25) is 43.9 Å². The fraction of sp³-hybridized carbons (Fsp3) is 0.127. The van der Waals surface area contributed by atoms with E-state index in [1.807, 2.05) is 218 Å². The Labute approximate surface area is 746 Å². The Morgan fingerprint density at radius 3 is 1.07 bits per heavy atom. The average molecular weight is 1730 g/mol. The van der Waals surface area contributed by atoms with Crippen molar-refractivity contribution in [1.29, 1.82) is 0 Å². The van der Waals surface area contributed by atoms with Crippen molar-refractivity contribution in [3.63, 3.8) is 0 Å². The molecule has 129 heavy (non-hydrogen) atoms. The minimum absolute atomic E-state index is 0.120. The lowest BCUT2D eigenvalue weighted by molar-refractivity contribution is 0.101. The van der Waals surface area contributed by atoms with Crippen molar-refractivity contribution in [3.8, 4) is 0 Å². The second-order valence-corrected chi connectivity index (χ2v) is 31.9. The van der Waals surface area contributed by atoms with Crippen molar-refractivity contribution in [2.45, 2.75) is 88.1 Å². The van der Waals surface area contributed by atoms with E-state index in [1.165, 1.54) is 47.5 Å². The molecule has 20 rings (SSSR count). The molecule has 0 spiro atoms. The van der Waals surface area contributed by atoms with Crippen LogP contribution in [0.5, 0.6) is 0 Å². The maximum absolute atomic E-state index is 12.6. The molecule has 0 aliphatic heterocycles. The molecular formula is C102H90N18O8S. The lowest BCUT2D eigenvalue weighted by Gasteiger charge is -2.05. The van der Waals surface area contributed by atoms with Gasteiger partial charge >= 0.3 is 0 Å². The summed E-state index contributed by atoms with van der Waals surface area (Å²) in [5.74, 6) is -0.369. The van der Waals surface area contributed by atoms with E-state index in [4.69, 9.17) is 13.4 Å². The predicted octanol–water partition coefficient (Wildman–Crippen LogP) is 21.2. The molecule has 14 heterocycles. The second kappa shape index (κ2) is 39.5. The van der Waals surface area contributed by atoms with Crippen LogP contribution in [0.25, 0.3) is 54.5 Å². The first-order chi connectivity index (χ1) is 62.7. The van der Waals surface area contributed by atoms with Crippen molar-refractivity contribution >= 4 is 124 Å². The Morgan fingerprint density at radius 1 is 0.349 bits per heavy atom. The Morgan fingerprint density at radius 2 is 0.729 bits per heavy atom. The van der Waals surface area contributed by atoms with Crippen molar-refractivity contribution in [2.75, 3.05) is 26.6 Å². The van der Waals surface area contributed by atoms with Crippen LogP contribution in [-0.4, -0.2) is 92.6 Å². The third-order valence-corrected chi connectivity index (χ3v) is 22.5. The summed E-state index contributed by atoms with van der Waals surface area (Å²) in [7, 11) is 0. The number of rotatable bonds is 20. The molecule has 0 aliphatic rings. The van der Waals surface area contributed by atoms with Crippen LogP contribution in [-0.2, 0) is 32.7 Å². The van der Waals surface area contributed by atoms with Crippen LogP contribution in [0.4, 0.5) is 28.4 Å². The van der Waals surface area contributed by atoms with E-state index in [1.54, 1.807) is 49.8 Å². The summed E-state index contributed by atoms with van der Waals surface area (Å²) >= 11 is 1.35. The van der Waals surface area contributed by atoms with Gasteiger partial charge in [-0.15, -0.1) is 16.4 Å². The van der Waals surface area contributed by atoms with E-state index in [0.717, 1.165) is 140 Å². The molecule has 642 valence electrons. The van der Waals surface area contributed by atoms with E-state index in [9.17, 15) is 24.0 Å². The van der Waals surface area contributed by atoms with Gasteiger partial charge in [-0.25, -0.2) is 4.98 Å². The van der Waals surface area contributed by atoms with Crippen LogP contribution >= 0.6 is 11.3 Å². The smallest absolute Gasteiger partial charge is 0.276 e. The number of thiazole rings is 1. The summed E-state index contributed by atoms with van der Waals surface area (Å²) in [5, 5.41) is 31.3. The number of fused-ring (bicyclic) bond motifs is 5. The molecule has 0 saturated heterocycles. The first-order valence-corrected chi connectivity index (χ1v) is 42.5. The van der Waals surface area contributed by atoms with Gasteiger partial charge in [0, 0.05) is 144 Å². The van der Waals surface area contributed by atoms with Crippen molar-refractivity contribution in [3.05, 3.63) is 411 Å². The second-order valence-electron chi connectivity index (χ2n) is 31.0. The van der Waals surface area contributed by atoms with E-state index >= 15 is 0 Å². The van der Waals surface area contributed by atoms with Crippen LogP contribution in [0, 0.1) is 55.4 Å². The van der Waals surface area contributed by atoms with Crippen molar-refractivity contribution in [1.82, 2.24) is 63.1 Å². The SMILES string of the molecule is Cc1ccc(Cn2cc(NC(=O)c3cccnn3)c3ccccc32)cc1.Cc1ccc(Cn2cc(NC(=O)c3ccoc3)c3ccccc32)cn1.Cc1ccc(Cn2cc(NC(=O)c3ccoc3C)c3ccccc32)cn1.Cc1ccc(Cn2cc(NC(=O)c3conc3C)c3ccccc32)cn1.Cc1ccc(Cn2cc(NC(=O)c3scnc3C)c3ccccc32)cn1. The number of pyridine rings is 4. The Balaban J connectivity index is 0.000000118. The summed E-state index contributed by atoms with van der Waals surface area (Å²) in [4.78, 5) is 84.7. The normalized spacial score (nSPS) is 10.9. The van der Waals surface area contributed by atoms with E-state index in [-0.39, 0.29) is 29.5 Å². The molecule has 0 unspecified atom stereocenters. The zero-order chi connectivity index (χ0) is 89.4. The highest BCUT2D eigenvalue weighted by molar-refractivity contribution is 7.12. The number of carbonyl (C=O) groups excluding carboxylic acids is 5. The highest BCUT2D eigenvalue weighted by atomic mass is 32.1. The van der Waals surface area contributed by atoms with Crippen LogP contribution < -0.4 is 26.6 Å². The van der Waals surface area contributed by atoms with Gasteiger partial charge in [-0.1, -0.05) is 150 Å². The molecule has 0 atom stereocenters. The van der Waals surface area contributed by atoms with Gasteiger partial charge in [-0.05, 0) is 162 Å². The molecule has 20 aromatic rings. The molecule has 0 saturated carbocycles. The average Bonchev–Trinajstić information content (AvgIpc) is 1.66. The molecule has 0 bridgehead atoms. The molecule has 5 N–H and O–H groups in total. The van der Waals surface area contributed by atoms with E-state index in [0.29, 0.717) is 64.9 Å². The third-order valence-electron chi connectivity index (χ3n) is 21.6. The number of nitrogens with one attached hydrogen (secondary N) is 5. The largest absolute Gasteiger partial charge is 0.472 e. The number of benzene rings is 6. The summed E-state index contributed by atoms with van der Waals surface area (Å²) in [5.41, 5.74) is 24.9. The minimum Gasteiger partial charge on any atom is -0.472 e. The number of aromatic nitrogens is 13. The zero-order valence-corrected chi connectivity index (χ0v) is 72.8. The number of anilines is 5. The number of hydrogen-bond acceptors (Lipinski definition) is 17. The number of amides is 5. The molecule has 5 amide bonds. The molecule has 0 radical (unpaired) electrons. The highest BCUT2D eigenvalue weighted by Crippen LogP contribution is 2.34. The highest BCUT2D eigenvalue weighted by Gasteiger charge is 2.22. The lowest BCUT2D eigenvalue weighted by Crippen LogP contribution is -2.13. The quantitative estimate of drug-likeness (QED) is 0.0473. The summed E-state index contributed by atoms with van der Waals surface area (Å²) in [6.45, 7) is 18.8. The van der Waals surface area contributed by atoms with Crippen LogP contribution in [0.15, 0.2) is 324 Å². The molecule has 14 aromatic heterocycles. The Hall–Kier alpha value is -16.6. The Kier molecular flexibility index (Phi) is 26.4. The first-order valence-electron chi connectivity index (χ1n) is 41.6. The predicted molar refractivity (Wildman–Crippen MR) is 504 cm³/mol. The summed E-state index contributed by atoms with van der Waals surface area (Å²) in [6, 6.07) is 71.6. The summed E-state index contributed by atoms with van der Waals surface area (Å²) < 4.78 is 25.7. The fourth-order valence-electron chi connectivity index (χ4n) is 14.8. The monoisotopic (exact) mass is 1730 g/mol. The molecule has 0 fully saturated rings. The summed E-state index contributed by atoms with van der Waals surface area (Å²) in [6.07, 6.45) is 24.7. The van der Waals surface area contributed by atoms with Gasteiger partial charge < -0.3 is 62.8 Å².